The number of ketones is 1. The standard InChI is InChI=1S/C5H7Cl3O/c6-2-1-4(8)5(9)3-7/h4H,1-3H2. The molecule has 0 aliphatic rings. The number of carbonyl (C=O) groups is 1. The third kappa shape index (κ3) is 4.01. The maximum atomic E-state index is 10.6. The van der Waals surface area contributed by atoms with Crippen molar-refractivity contribution >= 4 is 40.6 Å². The quantitative estimate of drug-likeness (QED) is 0.619. The van der Waals surface area contributed by atoms with Crippen LogP contribution in [0.3, 0.4) is 0 Å². The number of Topliss-reactive ketones (excluding diaryl/α,β-unsaturated/α-hetero) is 1. The number of rotatable bonds is 4. The topological polar surface area (TPSA) is 17.1 Å². The van der Waals surface area contributed by atoms with Crippen molar-refractivity contribution in [1.29, 1.82) is 0 Å². The summed E-state index contributed by atoms with van der Waals surface area (Å²) < 4.78 is 0. The van der Waals surface area contributed by atoms with Gasteiger partial charge in [0.15, 0.2) is 5.78 Å². The maximum absolute atomic E-state index is 10.6. The average Bonchev–Trinajstić information content (AvgIpc) is 1.87. The Kier molecular flexibility index (Phi) is 5.65. The molecule has 0 rings (SSSR count). The van der Waals surface area contributed by atoms with E-state index in [1.807, 2.05) is 0 Å². The molecule has 1 unspecified atom stereocenters. The second-order valence-corrected chi connectivity index (χ2v) is 2.72. The minimum absolute atomic E-state index is 0.0228. The Labute approximate surface area is 69.3 Å². The van der Waals surface area contributed by atoms with E-state index in [1.165, 1.54) is 0 Å². The van der Waals surface area contributed by atoms with Gasteiger partial charge in [-0.25, -0.2) is 0 Å². The molecule has 0 aliphatic carbocycles. The molecular weight excluding hydrogens is 182 g/mol. The third-order valence-electron chi connectivity index (χ3n) is 0.844. The predicted molar refractivity (Wildman–Crippen MR) is 40.7 cm³/mol. The number of carbonyl (C=O) groups excluding carboxylic acids is 1. The fraction of sp³-hybridized carbons (Fsp3) is 0.800. The lowest BCUT2D eigenvalue weighted by atomic mass is 10.2. The van der Waals surface area contributed by atoms with Gasteiger partial charge in [0, 0.05) is 5.88 Å². The zero-order valence-electron chi connectivity index (χ0n) is 4.74. The molecule has 0 saturated carbocycles. The van der Waals surface area contributed by atoms with Crippen molar-refractivity contribution in [2.24, 2.45) is 0 Å². The molecule has 0 N–H and O–H groups in total. The molecule has 1 nitrogen and oxygen atoms in total. The fourth-order valence-corrected chi connectivity index (χ4v) is 1.12. The lowest BCUT2D eigenvalue weighted by Gasteiger charge is -2.00. The Balaban J connectivity index is 3.45. The van der Waals surface area contributed by atoms with Crippen molar-refractivity contribution in [3.8, 4) is 0 Å². The summed E-state index contributed by atoms with van der Waals surface area (Å²) in [6.45, 7) is 0. The van der Waals surface area contributed by atoms with Gasteiger partial charge in [-0.3, -0.25) is 4.79 Å². The van der Waals surface area contributed by atoms with Gasteiger partial charge in [-0.1, -0.05) is 0 Å². The Morgan fingerprint density at radius 3 is 2.33 bits per heavy atom. The van der Waals surface area contributed by atoms with Crippen LogP contribution in [0.2, 0.25) is 0 Å². The summed E-state index contributed by atoms with van der Waals surface area (Å²) in [4.78, 5) is 10.6. The van der Waals surface area contributed by atoms with Crippen molar-refractivity contribution in [3.05, 3.63) is 0 Å². The highest BCUT2D eigenvalue weighted by molar-refractivity contribution is 6.38. The second kappa shape index (κ2) is 5.33. The van der Waals surface area contributed by atoms with Crippen molar-refractivity contribution in [2.45, 2.75) is 11.8 Å². The monoisotopic (exact) mass is 188 g/mol. The molecular formula is C5H7Cl3O. The molecule has 0 amide bonds. The van der Waals surface area contributed by atoms with Gasteiger partial charge in [-0.2, -0.15) is 0 Å². The summed E-state index contributed by atoms with van der Waals surface area (Å²) in [7, 11) is 0. The molecule has 0 aromatic heterocycles. The lowest BCUT2D eigenvalue weighted by molar-refractivity contribution is -0.116. The molecule has 54 valence electrons. The van der Waals surface area contributed by atoms with Gasteiger partial charge in [-0.15, -0.1) is 34.8 Å². The van der Waals surface area contributed by atoms with Crippen LogP contribution >= 0.6 is 34.8 Å². The van der Waals surface area contributed by atoms with Crippen LogP contribution in [0.1, 0.15) is 6.42 Å². The highest BCUT2D eigenvalue weighted by Crippen LogP contribution is 2.05. The van der Waals surface area contributed by atoms with E-state index in [1.54, 1.807) is 0 Å². The lowest BCUT2D eigenvalue weighted by Crippen LogP contribution is -2.15. The highest BCUT2D eigenvalue weighted by atomic mass is 35.5. The molecule has 0 radical (unpaired) electrons. The second-order valence-electron chi connectivity index (χ2n) is 1.55. The number of halogens is 3. The van der Waals surface area contributed by atoms with Crippen LogP contribution in [0, 0.1) is 0 Å². The first-order valence-corrected chi connectivity index (χ1v) is 4.01. The summed E-state index contributed by atoms with van der Waals surface area (Å²) in [5.41, 5.74) is 0. The Morgan fingerprint density at radius 1 is 1.44 bits per heavy atom. The van der Waals surface area contributed by atoms with Crippen LogP contribution in [0.15, 0.2) is 0 Å². The average molecular weight is 189 g/mol. The van der Waals surface area contributed by atoms with E-state index < -0.39 is 5.38 Å². The van der Waals surface area contributed by atoms with Gasteiger partial charge in [-0.05, 0) is 6.42 Å². The Bertz CT molecular complexity index is 94.2. The summed E-state index contributed by atoms with van der Waals surface area (Å²) in [5, 5.41) is -0.500. The van der Waals surface area contributed by atoms with Gasteiger partial charge < -0.3 is 0 Å². The van der Waals surface area contributed by atoms with E-state index in [2.05, 4.69) is 0 Å². The van der Waals surface area contributed by atoms with Crippen LogP contribution in [0.25, 0.3) is 0 Å². The largest absolute Gasteiger partial charge is 0.297 e. The summed E-state index contributed by atoms with van der Waals surface area (Å²) in [6, 6.07) is 0. The van der Waals surface area contributed by atoms with Crippen LogP contribution in [0.5, 0.6) is 0 Å². The van der Waals surface area contributed by atoms with Gasteiger partial charge in [0.05, 0.1) is 11.3 Å². The van der Waals surface area contributed by atoms with E-state index in [0.717, 1.165) is 0 Å². The molecule has 0 aromatic carbocycles. The van der Waals surface area contributed by atoms with Gasteiger partial charge in [0.2, 0.25) is 0 Å². The first-order chi connectivity index (χ1) is 4.22. The third-order valence-corrected chi connectivity index (χ3v) is 1.79. The van der Waals surface area contributed by atoms with Gasteiger partial charge in [0.1, 0.15) is 0 Å². The van der Waals surface area contributed by atoms with Crippen molar-refractivity contribution < 1.29 is 4.79 Å². The molecule has 0 fully saturated rings. The molecule has 0 saturated heterocycles. The molecule has 0 aromatic rings. The molecule has 4 heteroatoms. The number of alkyl halides is 3. The maximum Gasteiger partial charge on any atom is 0.165 e. The van der Waals surface area contributed by atoms with E-state index in [4.69, 9.17) is 34.8 Å². The van der Waals surface area contributed by atoms with E-state index in [0.29, 0.717) is 12.3 Å². The van der Waals surface area contributed by atoms with E-state index >= 15 is 0 Å². The smallest absolute Gasteiger partial charge is 0.165 e. The highest BCUT2D eigenvalue weighted by Gasteiger charge is 2.11. The normalized spacial score (nSPS) is 13.2. The first kappa shape index (κ1) is 9.54. The van der Waals surface area contributed by atoms with Gasteiger partial charge >= 0.3 is 0 Å². The molecule has 0 spiro atoms. The summed E-state index contributed by atoms with van der Waals surface area (Å²) in [6.07, 6.45) is 0.495. The zero-order chi connectivity index (χ0) is 7.28. The van der Waals surface area contributed by atoms with Crippen molar-refractivity contribution in [1.82, 2.24) is 0 Å². The summed E-state index contributed by atoms with van der Waals surface area (Å²) >= 11 is 16.0. The van der Waals surface area contributed by atoms with Crippen LogP contribution in [-0.4, -0.2) is 22.9 Å². The van der Waals surface area contributed by atoms with Gasteiger partial charge in [0.25, 0.3) is 0 Å². The number of hydrogen-bond acceptors (Lipinski definition) is 1. The van der Waals surface area contributed by atoms with Crippen LogP contribution in [0.4, 0.5) is 0 Å². The Hall–Kier alpha value is 0.540. The molecule has 9 heavy (non-hydrogen) atoms. The number of hydrogen-bond donors (Lipinski definition) is 0. The molecule has 0 bridgehead atoms. The van der Waals surface area contributed by atoms with Crippen molar-refractivity contribution in [3.63, 3.8) is 0 Å². The Morgan fingerprint density at radius 2 is 2.00 bits per heavy atom. The minimum Gasteiger partial charge on any atom is -0.297 e. The van der Waals surface area contributed by atoms with E-state index in [9.17, 15) is 4.79 Å². The zero-order valence-corrected chi connectivity index (χ0v) is 7.01. The molecule has 1 atom stereocenters. The predicted octanol–water partition coefficient (Wildman–Crippen LogP) is 2.03. The van der Waals surface area contributed by atoms with E-state index in [-0.39, 0.29) is 11.7 Å². The van der Waals surface area contributed by atoms with Crippen molar-refractivity contribution in [2.75, 3.05) is 11.8 Å². The molecule has 0 heterocycles. The van der Waals surface area contributed by atoms with Crippen LogP contribution < -0.4 is 0 Å². The van der Waals surface area contributed by atoms with Crippen LogP contribution in [-0.2, 0) is 4.79 Å². The fourth-order valence-electron chi connectivity index (χ4n) is 0.340. The summed E-state index contributed by atoms with van der Waals surface area (Å²) in [5.74, 6) is 0.223. The molecule has 0 aliphatic heterocycles. The SMILES string of the molecule is O=C(CCl)C(Cl)CCCl. The minimum atomic E-state index is -0.500. The first-order valence-electron chi connectivity index (χ1n) is 2.51.